The maximum atomic E-state index is 11.5. The number of rotatable bonds is 2. The summed E-state index contributed by atoms with van der Waals surface area (Å²) in [6, 6.07) is -0.991. The minimum absolute atomic E-state index is 0.609. The molecule has 1 atom stereocenters. The highest BCUT2D eigenvalue weighted by Crippen LogP contribution is 2.21. The average molecular weight is 244 g/mol. The number of alkyl carbamates (subject to hydrolysis) is 1. The van der Waals surface area contributed by atoms with Crippen LogP contribution in [-0.2, 0) is 9.53 Å². The van der Waals surface area contributed by atoms with Crippen LogP contribution >= 0.6 is 0 Å². The van der Waals surface area contributed by atoms with E-state index in [0.717, 1.165) is 0 Å². The molecular weight excluding hydrogens is 224 g/mol. The Hall–Kier alpha value is -1.46. The fourth-order valence-electron chi connectivity index (χ4n) is 1.13. The predicted molar refractivity (Wildman–Crippen MR) is 63.4 cm³/mol. The molecule has 0 rings (SSSR count). The fraction of sp³-hybridized carbons (Fsp3) is 0.818. The number of hydrogen-bond acceptors (Lipinski definition) is 4. The van der Waals surface area contributed by atoms with E-state index in [1.807, 2.05) is 0 Å². The van der Waals surface area contributed by atoms with Crippen LogP contribution in [0.25, 0.3) is 0 Å². The van der Waals surface area contributed by atoms with Crippen LogP contribution in [0.3, 0.4) is 0 Å². The van der Waals surface area contributed by atoms with Crippen LogP contribution in [0.5, 0.6) is 0 Å². The monoisotopic (exact) mass is 244 g/mol. The normalized spacial score (nSPS) is 13.8. The van der Waals surface area contributed by atoms with Gasteiger partial charge in [0.1, 0.15) is 11.6 Å². The molecule has 0 bridgehead atoms. The third-order valence-corrected chi connectivity index (χ3v) is 1.86. The summed E-state index contributed by atoms with van der Waals surface area (Å²) in [5.41, 5.74) is -1.27. The van der Waals surface area contributed by atoms with Gasteiger partial charge in [0.15, 0.2) is 0 Å². The van der Waals surface area contributed by atoms with Crippen LogP contribution in [0.15, 0.2) is 5.18 Å². The van der Waals surface area contributed by atoms with E-state index in [-0.39, 0.29) is 0 Å². The molecule has 0 unspecified atom stereocenters. The zero-order valence-electron chi connectivity index (χ0n) is 11.2. The molecule has 0 spiro atoms. The van der Waals surface area contributed by atoms with Crippen LogP contribution in [-0.4, -0.2) is 23.6 Å². The van der Waals surface area contributed by atoms with E-state index < -0.39 is 29.1 Å². The lowest BCUT2D eigenvalue weighted by Crippen LogP contribution is -2.49. The summed E-state index contributed by atoms with van der Waals surface area (Å²) in [7, 11) is 0. The van der Waals surface area contributed by atoms with Gasteiger partial charge < -0.3 is 10.1 Å². The summed E-state index contributed by atoms with van der Waals surface area (Å²) in [5.74, 6) is -0.914. The lowest BCUT2D eigenvalue weighted by Gasteiger charge is -2.29. The molecule has 0 aliphatic carbocycles. The Morgan fingerprint density at radius 1 is 1.12 bits per heavy atom. The summed E-state index contributed by atoms with van der Waals surface area (Å²) >= 11 is 0. The zero-order valence-corrected chi connectivity index (χ0v) is 11.2. The van der Waals surface area contributed by atoms with Gasteiger partial charge in [-0.05, 0) is 26.2 Å². The van der Waals surface area contributed by atoms with Crippen LogP contribution in [0.4, 0.5) is 4.79 Å². The molecule has 0 saturated heterocycles. The van der Waals surface area contributed by atoms with Crippen molar-refractivity contribution in [2.45, 2.75) is 53.2 Å². The Labute approximate surface area is 101 Å². The molecule has 0 aliphatic heterocycles. The zero-order chi connectivity index (χ0) is 13.9. The van der Waals surface area contributed by atoms with Crippen LogP contribution in [0.1, 0.15) is 41.5 Å². The Balaban J connectivity index is 4.73. The second-order valence-corrected chi connectivity index (χ2v) is 5.87. The van der Waals surface area contributed by atoms with E-state index in [1.54, 1.807) is 41.5 Å². The SMILES string of the molecule is CC(C)(C)OC(=O)N[C@H](C(=O)N=O)C(C)(C)C. The highest BCUT2D eigenvalue weighted by atomic mass is 16.6. The number of amides is 2. The van der Waals surface area contributed by atoms with Crippen LogP contribution in [0.2, 0.25) is 0 Å². The first-order chi connectivity index (χ1) is 7.47. The summed E-state index contributed by atoms with van der Waals surface area (Å²) in [6.45, 7) is 10.3. The quantitative estimate of drug-likeness (QED) is 0.755. The van der Waals surface area contributed by atoms with Gasteiger partial charge >= 0.3 is 12.0 Å². The molecule has 6 heteroatoms. The first-order valence-electron chi connectivity index (χ1n) is 5.34. The molecule has 6 nitrogen and oxygen atoms in total. The molecule has 0 radical (unpaired) electrons. The van der Waals surface area contributed by atoms with E-state index in [0.29, 0.717) is 0 Å². The van der Waals surface area contributed by atoms with Gasteiger partial charge in [-0.2, -0.15) is 0 Å². The van der Waals surface area contributed by atoms with Crippen molar-refractivity contribution < 1.29 is 14.3 Å². The molecule has 17 heavy (non-hydrogen) atoms. The van der Waals surface area contributed by atoms with Crippen molar-refractivity contribution in [3.8, 4) is 0 Å². The molecule has 0 aromatic rings. The van der Waals surface area contributed by atoms with Crippen molar-refractivity contribution in [3.63, 3.8) is 0 Å². The number of ether oxygens (including phenoxy) is 1. The Morgan fingerprint density at radius 3 is 1.88 bits per heavy atom. The number of nitrogens with zero attached hydrogens (tertiary/aromatic N) is 1. The van der Waals surface area contributed by atoms with Gasteiger partial charge in [-0.1, -0.05) is 20.8 Å². The predicted octanol–water partition coefficient (Wildman–Crippen LogP) is 2.22. The van der Waals surface area contributed by atoms with E-state index in [1.165, 1.54) is 0 Å². The largest absolute Gasteiger partial charge is 0.444 e. The lowest BCUT2D eigenvalue weighted by atomic mass is 9.86. The first-order valence-corrected chi connectivity index (χ1v) is 5.34. The number of carbonyl (C=O) groups is 2. The highest BCUT2D eigenvalue weighted by molar-refractivity contribution is 5.86. The maximum Gasteiger partial charge on any atom is 0.408 e. The third kappa shape index (κ3) is 5.99. The molecule has 1 N–H and O–H groups in total. The smallest absolute Gasteiger partial charge is 0.408 e. The first kappa shape index (κ1) is 15.5. The van der Waals surface area contributed by atoms with Crippen molar-refractivity contribution in [2.75, 3.05) is 0 Å². The van der Waals surface area contributed by atoms with Crippen LogP contribution < -0.4 is 5.32 Å². The Bertz CT molecular complexity index is 312. The molecule has 0 fully saturated rings. The number of hydrogen-bond donors (Lipinski definition) is 1. The van der Waals surface area contributed by atoms with Crippen molar-refractivity contribution in [1.29, 1.82) is 0 Å². The van der Waals surface area contributed by atoms with Crippen molar-refractivity contribution in [3.05, 3.63) is 4.91 Å². The summed E-state index contributed by atoms with van der Waals surface area (Å²) < 4.78 is 5.01. The fourth-order valence-corrected chi connectivity index (χ4v) is 1.13. The van der Waals surface area contributed by atoms with E-state index in [2.05, 4.69) is 10.5 Å². The van der Waals surface area contributed by atoms with Crippen molar-refractivity contribution in [2.24, 2.45) is 10.6 Å². The van der Waals surface area contributed by atoms with Gasteiger partial charge in [-0.15, -0.1) is 4.91 Å². The van der Waals surface area contributed by atoms with Gasteiger partial charge in [0.05, 0.1) is 0 Å². The summed E-state index contributed by atoms with van der Waals surface area (Å²) in [4.78, 5) is 33.1. The van der Waals surface area contributed by atoms with Crippen molar-refractivity contribution in [1.82, 2.24) is 5.32 Å². The molecule has 0 aromatic heterocycles. The topological polar surface area (TPSA) is 84.8 Å². The molecule has 0 heterocycles. The second-order valence-electron chi connectivity index (χ2n) is 5.87. The molecule has 2 amide bonds. The molecular formula is C11H20N2O4. The molecule has 0 aromatic carbocycles. The lowest BCUT2D eigenvalue weighted by molar-refractivity contribution is -0.122. The molecule has 0 aliphatic rings. The number of carbonyl (C=O) groups excluding carboxylic acids is 2. The molecule has 0 saturated carbocycles. The van der Waals surface area contributed by atoms with Gasteiger partial charge in [0, 0.05) is 5.18 Å². The van der Waals surface area contributed by atoms with E-state index >= 15 is 0 Å². The van der Waals surface area contributed by atoms with Gasteiger partial charge in [-0.3, -0.25) is 4.79 Å². The van der Waals surface area contributed by atoms with E-state index in [4.69, 9.17) is 4.74 Å². The highest BCUT2D eigenvalue weighted by Gasteiger charge is 2.34. The summed E-state index contributed by atoms with van der Waals surface area (Å²) in [6.07, 6.45) is -0.741. The average Bonchev–Trinajstić information content (AvgIpc) is 2.08. The molecule has 98 valence electrons. The second kappa shape index (κ2) is 5.25. The third-order valence-electron chi connectivity index (χ3n) is 1.86. The van der Waals surface area contributed by atoms with E-state index in [9.17, 15) is 14.5 Å². The standard InChI is InChI=1S/C11H20N2O4/c1-10(2,3)7(8(14)13-16)12-9(15)17-11(4,5)6/h7H,1-6H3,(H,12,15)/t7-/m1/s1. The Kier molecular flexibility index (Phi) is 4.80. The van der Waals surface area contributed by atoms with Crippen molar-refractivity contribution >= 4 is 12.0 Å². The van der Waals surface area contributed by atoms with Gasteiger partial charge in [0.2, 0.25) is 0 Å². The number of nitrogens with one attached hydrogen (secondary N) is 1. The number of nitroso groups, excluding NO2 is 1. The van der Waals surface area contributed by atoms with Gasteiger partial charge in [-0.25, -0.2) is 4.79 Å². The summed E-state index contributed by atoms with van der Waals surface area (Å²) in [5, 5.41) is 4.71. The maximum absolute atomic E-state index is 11.5. The minimum atomic E-state index is -0.991. The van der Waals surface area contributed by atoms with Gasteiger partial charge in [0.25, 0.3) is 0 Å². The minimum Gasteiger partial charge on any atom is -0.444 e. The van der Waals surface area contributed by atoms with Crippen LogP contribution in [0, 0.1) is 10.3 Å². The Morgan fingerprint density at radius 2 is 1.59 bits per heavy atom.